The number of rotatable bonds is 2. The van der Waals surface area contributed by atoms with Gasteiger partial charge in [-0.3, -0.25) is 4.79 Å². The Kier molecular flexibility index (Phi) is 4.54. The second-order valence-electron chi connectivity index (χ2n) is 4.17. The molecule has 0 saturated carbocycles. The zero-order valence-electron chi connectivity index (χ0n) is 11.1. The molecule has 0 unspecified atom stereocenters. The van der Waals surface area contributed by atoms with Crippen molar-refractivity contribution in [2.45, 2.75) is 0 Å². The summed E-state index contributed by atoms with van der Waals surface area (Å²) < 4.78 is 13.8. The summed E-state index contributed by atoms with van der Waals surface area (Å²) in [4.78, 5) is 12.0. The normalized spacial score (nSPS) is 9.62. The number of aromatic hydroxyl groups is 1. The van der Waals surface area contributed by atoms with Crippen molar-refractivity contribution in [2.75, 3.05) is 11.9 Å². The molecule has 0 spiro atoms. The topological polar surface area (TPSA) is 75.3 Å². The highest BCUT2D eigenvalue weighted by atomic mass is 19.1. The van der Waals surface area contributed by atoms with E-state index in [1.165, 1.54) is 30.3 Å². The second-order valence-corrected chi connectivity index (χ2v) is 4.17. The first kappa shape index (κ1) is 14.6. The third kappa shape index (κ3) is 3.59. The van der Waals surface area contributed by atoms with E-state index in [9.17, 15) is 14.3 Å². The molecule has 0 radical (unpaired) electrons. The van der Waals surface area contributed by atoms with Crippen LogP contribution in [0.1, 0.15) is 15.9 Å². The van der Waals surface area contributed by atoms with Gasteiger partial charge in [0.1, 0.15) is 11.6 Å². The lowest BCUT2D eigenvalue weighted by atomic mass is 10.1. The summed E-state index contributed by atoms with van der Waals surface area (Å²) in [5.74, 6) is 3.94. The maximum absolute atomic E-state index is 13.8. The van der Waals surface area contributed by atoms with Gasteiger partial charge in [0.05, 0.1) is 17.7 Å². The third-order valence-electron chi connectivity index (χ3n) is 2.70. The van der Waals surface area contributed by atoms with Crippen LogP contribution in [0, 0.1) is 17.7 Å². The molecule has 0 aliphatic rings. The Balaban J connectivity index is 2.19. The molecule has 4 nitrogen and oxygen atoms in total. The lowest BCUT2D eigenvalue weighted by Gasteiger charge is -2.07. The van der Waals surface area contributed by atoms with E-state index in [1.54, 1.807) is 12.1 Å². The highest BCUT2D eigenvalue weighted by molar-refractivity contribution is 6.06. The summed E-state index contributed by atoms with van der Waals surface area (Å²) >= 11 is 0. The Morgan fingerprint density at radius 2 is 2.05 bits per heavy atom. The van der Waals surface area contributed by atoms with E-state index in [0.29, 0.717) is 0 Å². The average molecular weight is 284 g/mol. The van der Waals surface area contributed by atoms with Crippen LogP contribution in [0.2, 0.25) is 0 Å². The van der Waals surface area contributed by atoms with Crippen LogP contribution < -0.4 is 11.1 Å². The minimum absolute atomic E-state index is 0.116. The second kappa shape index (κ2) is 6.55. The molecule has 2 aromatic carbocycles. The molecular weight excluding hydrogens is 271 g/mol. The number of carbonyl (C=O) groups is 1. The zero-order valence-corrected chi connectivity index (χ0v) is 11.1. The van der Waals surface area contributed by atoms with E-state index in [0.717, 1.165) is 0 Å². The number of carbonyl (C=O) groups excluding carboxylic acids is 1. The summed E-state index contributed by atoms with van der Waals surface area (Å²) in [6.07, 6.45) is 0. The maximum atomic E-state index is 13.8. The Morgan fingerprint density at radius 1 is 1.29 bits per heavy atom. The predicted molar refractivity (Wildman–Crippen MR) is 78.4 cm³/mol. The Morgan fingerprint density at radius 3 is 2.71 bits per heavy atom. The van der Waals surface area contributed by atoms with E-state index in [2.05, 4.69) is 17.2 Å². The van der Waals surface area contributed by atoms with Crippen molar-refractivity contribution >= 4 is 11.6 Å². The van der Waals surface area contributed by atoms with Crippen molar-refractivity contribution in [1.29, 1.82) is 0 Å². The van der Waals surface area contributed by atoms with Crippen molar-refractivity contribution in [3.05, 3.63) is 59.4 Å². The average Bonchev–Trinajstić information content (AvgIpc) is 2.47. The highest BCUT2D eigenvalue weighted by Crippen LogP contribution is 2.19. The Labute approximate surface area is 121 Å². The van der Waals surface area contributed by atoms with E-state index < -0.39 is 11.7 Å². The molecule has 0 heterocycles. The fourth-order valence-electron chi connectivity index (χ4n) is 1.70. The van der Waals surface area contributed by atoms with Gasteiger partial charge in [-0.1, -0.05) is 24.0 Å². The molecule has 1 amide bonds. The number of halogens is 1. The van der Waals surface area contributed by atoms with E-state index in [1.807, 2.05) is 0 Å². The number of anilines is 1. The molecule has 0 bridgehead atoms. The van der Waals surface area contributed by atoms with Crippen LogP contribution in [-0.2, 0) is 0 Å². The Hall–Kier alpha value is -2.84. The van der Waals surface area contributed by atoms with Crippen LogP contribution in [0.15, 0.2) is 42.5 Å². The summed E-state index contributed by atoms with van der Waals surface area (Å²) in [6.45, 7) is 0.144. The molecule has 0 aromatic heterocycles. The van der Waals surface area contributed by atoms with Crippen molar-refractivity contribution in [1.82, 2.24) is 0 Å². The number of nitrogens with one attached hydrogen (secondary N) is 1. The first-order chi connectivity index (χ1) is 10.1. The number of benzene rings is 2. The lowest BCUT2D eigenvalue weighted by molar-refractivity contribution is 0.102. The number of hydrogen-bond acceptors (Lipinski definition) is 3. The maximum Gasteiger partial charge on any atom is 0.259 e. The molecule has 0 saturated heterocycles. The van der Waals surface area contributed by atoms with E-state index in [-0.39, 0.29) is 29.1 Å². The number of nitrogens with two attached hydrogens (primary N) is 1. The molecule has 4 N–H and O–H groups in total. The largest absolute Gasteiger partial charge is 0.507 e. The summed E-state index contributed by atoms with van der Waals surface area (Å²) in [5, 5.41) is 12.1. The van der Waals surface area contributed by atoms with Gasteiger partial charge in [0, 0.05) is 5.69 Å². The standard InChI is InChI=1S/C16H13FN2O2/c17-14-10-12(8-7-11(14)4-3-9-18)19-16(21)13-5-1-2-6-15(13)20/h1-2,5-8,10,20H,9,18H2,(H,19,21). The summed E-state index contributed by atoms with van der Waals surface area (Å²) in [5.41, 5.74) is 5.83. The quantitative estimate of drug-likeness (QED) is 0.739. The molecular formula is C16H13FN2O2. The zero-order chi connectivity index (χ0) is 15.2. The van der Waals surface area contributed by atoms with Gasteiger partial charge in [0.25, 0.3) is 5.91 Å². The Bertz CT molecular complexity index is 733. The van der Waals surface area contributed by atoms with E-state index >= 15 is 0 Å². The lowest BCUT2D eigenvalue weighted by Crippen LogP contribution is -2.12. The van der Waals surface area contributed by atoms with Gasteiger partial charge in [0.15, 0.2) is 0 Å². The number of hydrogen-bond donors (Lipinski definition) is 3. The smallest absolute Gasteiger partial charge is 0.259 e. The highest BCUT2D eigenvalue weighted by Gasteiger charge is 2.11. The molecule has 2 rings (SSSR count). The summed E-state index contributed by atoms with van der Waals surface area (Å²) in [7, 11) is 0. The van der Waals surface area contributed by atoms with Crippen molar-refractivity contribution in [3.63, 3.8) is 0 Å². The monoisotopic (exact) mass is 284 g/mol. The molecule has 5 heteroatoms. The van der Waals surface area contributed by atoms with E-state index in [4.69, 9.17) is 5.73 Å². The first-order valence-corrected chi connectivity index (χ1v) is 6.19. The van der Waals surface area contributed by atoms with Crippen LogP contribution in [0.25, 0.3) is 0 Å². The molecule has 2 aromatic rings. The fraction of sp³-hybridized carbons (Fsp3) is 0.0625. The SMILES string of the molecule is NCC#Cc1ccc(NC(=O)c2ccccc2O)cc1F. The molecule has 21 heavy (non-hydrogen) atoms. The van der Waals surface area contributed by atoms with Gasteiger partial charge >= 0.3 is 0 Å². The molecule has 0 fully saturated rings. The van der Waals surface area contributed by atoms with Crippen molar-refractivity contribution < 1.29 is 14.3 Å². The molecule has 0 aliphatic carbocycles. The van der Waals surface area contributed by atoms with Gasteiger partial charge in [-0.25, -0.2) is 4.39 Å². The first-order valence-electron chi connectivity index (χ1n) is 6.19. The fourth-order valence-corrected chi connectivity index (χ4v) is 1.70. The van der Waals surface area contributed by atoms with Crippen LogP contribution in [0.4, 0.5) is 10.1 Å². The number of phenols is 1. The van der Waals surface area contributed by atoms with Crippen LogP contribution in [-0.4, -0.2) is 17.6 Å². The minimum atomic E-state index is -0.550. The summed E-state index contributed by atoms with van der Waals surface area (Å²) in [6, 6.07) is 10.3. The van der Waals surface area contributed by atoms with Crippen LogP contribution in [0.5, 0.6) is 5.75 Å². The number of phenolic OH excluding ortho intramolecular Hbond substituents is 1. The molecule has 0 atom stereocenters. The predicted octanol–water partition coefficient (Wildman–Crippen LogP) is 2.09. The van der Waals surface area contributed by atoms with Crippen molar-refractivity contribution in [3.8, 4) is 17.6 Å². The minimum Gasteiger partial charge on any atom is -0.507 e. The molecule has 106 valence electrons. The van der Waals surface area contributed by atoms with Crippen LogP contribution in [0.3, 0.4) is 0 Å². The third-order valence-corrected chi connectivity index (χ3v) is 2.70. The van der Waals surface area contributed by atoms with Gasteiger partial charge in [-0.2, -0.15) is 0 Å². The van der Waals surface area contributed by atoms with Gasteiger partial charge in [-0.15, -0.1) is 0 Å². The van der Waals surface area contributed by atoms with Crippen molar-refractivity contribution in [2.24, 2.45) is 5.73 Å². The van der Waals surface area contributed by atoms with Gasteiger partial charge in [0.2, 0.25) is 0 Å². The number of amides is 1. The molecule has 0 aliphatic heterocycles. The number of para-hydroxylation sites is 1. The van der Waals surface area contributed by atoms with Gasteiger partial charge in [-0.05, 0) is 30.3 Å². The van der Waals surface area contributed by atoms with Gasteiger partial charge < -0.3 is 16.2 Å². The van der Waals surface area contributed by atoms with Crippen LogP contribution >= 0.6 is 0 Å².